The molecule has 0 amide bonds. The summed E-state index contributed by atoms with van der Waals surface area (Å²) in [5.41, 5.74) is -0.0463. The Morgan fingerprint density at radius 1 is 1.42 bits per heavy atom. The molecule has 1 aromatic rings. The Morgan fingerprint density at radius 2 is 2.16 bits per heavy atom. The normalized spacial score (nSPS) is 25.8. The van der Waals surface area contributed by atoms with E-state index in [1.807, 2.05) is 11.6 Å². The van der Waals surface area contributed by atoms with Gasteiger partial charge in [0.2, 0.25) is 0 Å². The zero-order valence-corrected chi connectivity index (χ0v) is 12.8. The molecule has 1 aromatic heterocycles. The monoisotopic (exact) mass is 285 g/mol. The fraction of sp³-hybridized carbons (Fsp3) is 0.786. The number of aryl methyl sites for hydroxylation is 1. The Hall–Kier alpha value is -0.580. The number of likely N-dealkylation sites (tertiary alicyclic amines) is 1. The van der Waals surface area contributed by atoms with Crippen molar-refractivity contribution in [2.24, 2.45) is 0 Å². The first-order valence-corrected chi connectivity index (χ1v) is 7.54. The summed E-state index contributed by atoms with van der Waals surface area (Å²) in [6.45, 7) is 9.10. The number of nitrogens with zero attached hydrogens (tertiary/aromatic N) is 3. The number of halogens is 1. The minimum atomic E-state index is -0.840. The Kier molecular flexibility index (Phi) is 4.54. The second-order valence-electron chi connectivity index (χ2n) is 5.67. The molecule has 1 aliphatic rings. The van der Waals surface area contributed by atoms with Crippen LogP contribution >= 0.6 is 11.6 Å². The van der Waals surface area contributed by atoms with Crippen LogP contribution in [0.2, 0.25) is 5.02 Å². The van der Waals surface area contributed by atoms with Crippen LogP contribution in [0.5, 0.6) is 0 Å². The smallest absolute Gasteiger partial charge is 0.109 e. The molecule has 1 fully saturated rings. The zero-order valence-electron chi connectivity index (χ0n) is 12.1. The Labute approximate surface area is 120 Å². The molecule has 1 saturated heterocycles. The molecule has 0 bridgehead atoms. The van der Waals surface area contributed by atoms with Crippen molar-refractivity contribution in [2.75, 3.05) is 13.1 Å². The summed E-state index contributed by atoms with van der Waals surface area (Å²) in [6.07, 6.45) is 4.10. The second kappa shape index (κ2) is 5.81. The van der Waals surface area contributed by atoms with Crippen LogP contribution in [-0.2, 0) is 12.1 Å². The van der Waals surface area contributed by atoms with Crippen molar-refractivity contribution in [3.05, 3.63) is 16.9 Å². The van der Waals surface area contributed by atoms with E-state index in [-0.39, 0.29) is 0 Å². The Bertz CT molecular complexity index is 432. The van der Waals surface area contributed by atoms with Gasteiger partial charge < -0.3 is 10.0 Å². The summed E-state index contributed by atoms with van der Waals surface area (Å²) in [6, 6.07) is 0.522. The van der Waals surface area contributed by atoms with Gasteiger partial charge >= 0.3 is 0 Å². The van der Waals surface area contributed by atoms with Gasteiger partial charge in [0.1, 0.15) is 5.60 Å². The third-order valence-corrected chi connectivity index (χ3v) is 4.39. The van der Waals surface area contributed by atoms with E-state index >= 15 is 0 Å². The summed E-state index contributed by atoms with van der Waals surface area (Å²) in [7, 11) is 0. The van der Waals surface area contributed by atoms with E-state index in [2.05, 4.69) is 23.8 Å². The van der Waals surface area contributed by atoms with E-state index in [9.17, 15) is 5.11 Å². The maximum Gasteiger partial charge on any atom is 0.109 e. The molecule has 0 saturated carbocycles. The average molecular weight is 286 g/mol. The predicted octanol–water partition coefficient (Wildman–Crippen LogP) is 2.64. The molecule has 2 heterocycles. The predicted molar refractivity (Wildman–Crippen MR) is 77.4 cm³/mol. The van der Waals surface area contributed by atoms with Crippen molar-refractivity contribution in [2.45, 2.75) is 58.2 Å². The fourth-order valence-electron chi connectivity index (χ4n) is 2.96. The van der Waals surface area contributed by atoms with Gasteiger partial charge in [-0.2, -0.15) is 5.10 Å². The van der Waals surface area contributed by atoms with Gasteiger partial charge in [-0.05, 0) is 46.6 Å². The molecule has 108 valence electrons. The van der Waals surface area contributed by atoms with Crippen LogP contribution in [0.15, 0.2) is 6.20 Å². The number of aromatic nitrogens is 2. The van der Waals surface area contributed by atoms with Crippen LogP contribution in [-0.4, -0.2) is 38.9 Å². The van der Waals surface area contributed by atoms with Crippen LogP contribution in [0, 0.1) is 0 Å². The minimum absolute atomic E-state index is 0.522. The molecule has 2 rings (SSSR count). The van der Waals surface area contributed by atoms with Gasteiger partial charge in [0, 0.05) is 19.1 Å². The molecule has 5 heteroatoms. The molecule has 0 aliphatic carbocycles. The van der Waals surface area contributed by atoms with E-state index in [1.54, 1.807) is 6.20 Å². The zero-order chi connectivity index (χ0) is 14.0. The molecule has 0 spiro atoms. The van der Waals surface area contributed by atoms with Crippen molar-refractivity contribution >= 4 is 11.6 Å². The van der Waals surface area contributed by atoms with Crippen LogP contribution in [0.4, 0.5) is 0 Å². The third kappa shape index (κ3) is 2.96. The summed E-state index contributed by atoms with van der Waals surface area (Å²) >= 11 is 6.24. The minimum Gasteiger partial charge on any atom is -0.383 e. The number of hydrogen-bond acceptors (Lipinski definition) is 3. The standard InChI is InChI=1S/C14H24ClN3O/c1-4-18-13(12(15)10-16-18)14(19)6-5-8-17(9-7-14)11(2)3/h10-11,19H,4-9H2,1-3H3. The number of hydrogen-bond donors (Lipinski definition) is 1. The van der Waals surface area contributed by atoms with E-state index in [4.69, 9.17) is 11.6 Å². The van der Waals surface area contributed by atoms with Crippen molar-refractivity contribution in [1.82, 2.24) is 14.7 Å². The Morgan fingerprint density at radius 3 is 2.79 bits per heavy atom. The highest BCUT2D eigenvalue weighted by Crippen LogP contribution is 2.37. The summed E-state index contributed by atoms with van der Waals surface area (Å²) in [5, 5.41) is 15.9. The Balaban J connectivity index is 2.25. The fourth-order valence-corrected chi connectivity index (χ4v) is 3.28. The van der Waals surface area contributed by atoms with Crippen molar-refractivity contribution in [3.8, 4) is 0 Å². The van der Waals surface area contributed by atoms with Crippen LogP contribution in [0.1, 0.15) is 45.7 Å². The molecule has 0 radical (unpaired) electrons. The maximum atomic E-state index is 11.0. The number of rotatable bonds is 3. The molecular formula is C14H24ClN3O. The highest BCUT2D eigenvalue weighted by atomic mass is 35.5. The molecule has 1 unspecified atom stereocenters. The van der Waals surface area contributed by atoms with Crippen LogP contribution < -0.4 is 0 Å². The summed E-state index contributed by atoms with van der Waals surface area (Å²) in [4.78, 5) is 2.42. The van der Waals surface area contributed by atoms with E-state index in [1.165, 1.54) is 0 Å². The largest absolute Gasteiger partial charge is 0.383 e. The van der Waals surface area contributed by atoms with Crippen molar-refractivity contribution in [3.63, 3.8) is 0 Å². The van der Waals surface area contributed by atoms with Gasteiger partial charge in [-0.15, -0.1) is 0 Å². The van der Waals surface area contributed by atoms with Gasteiger partial charge in [0.25, 0.3) is 0 Å². The second-order valence-corrected chi connectivity index (χ2v) is 6.08. The molecule has 1 aliphatic heterocycles. The third-order valence-electron chi connectivity index (χ3n) is 4.11. The van der Waals surface area contributed by atoms with Crippen molar-refractivity contribution < 1.29 is 5.11 Å². The first kappa shape index (κ1) is 14.8. The van der Waals surface area contributed by atoms with Gasteiger partial charge in [-0.3, -0.25) is 4.68 Å². The SMILES string of the molecule is CCn1ncc(Cl)c1C1(O)CCCN(C(C)C)CC1. The molecule has 1 N–H and O–H groups in total. The first-order valence-electron chi connectivity index (χ1n) is 7.16. The molecule has 19 heavy (non-hydrogen) atoms. The highest BCUT2D eigenvalue weighted by molar-refractivity contribution is 6.31. The van der Waals surface area contributed by atoms with Gasteiger partial charge in [-0.25, -0.2) is 0 Å². The first-order chi connectivity index (χ1) is 8.98. The lowest BCUT2D eigenvalue weighted by Gasteiger charge is -2.29. The van der Waals surface area contributed by atoms with E-state index in [0.29, 0.717) is 11.1 Å². The van der Waals surface area contributed by atoms with Gasteiger partial charge in [-0.1, -0.05) is 11.6 Å². The highest BCUT2D eigenvalue weighted by Gasteiger charge is 2.37. The van der Waals surface area contributed by atoms with Crippen LogP contribution in [0.25, 0.3) is 0 Å². The lowest BCUT2D eigenvalue weighted by Crippen LogP contribution is -2.34. The molecule has 0 aromatic carbocycles. The average Bonchev–Trinajstić information content (AvgIpc) is 2.63. The topological polar surface area (TPSA) is 41.3 Å². The summed E-state index contributed by atoms with van der Waals surface area (Å²) < 4.78 is 1.83. The van der Waals surface area contributed by atoms with Crippen molar-refractivity contribution in [1.29, 1.82) is 0 Å². The van der Waals surface area contributed by atoms with Gasteiger partial charge in [0.05, 0.1) is 16.9 Å². The molecular weight excluding hydrogens is 262 g/mol. The molecule has 1 atom stereocenters. The lowest BCUT2D eigenvalue weighted by atomic mass is 9.91. The quantitative estimate of drug-likeness (QED) is 0.928. The van der Waals surface area contributed by atoms with Crippen LogP contribution in [0.3, 0.4) is 0 Å². The van der Waals surface area contributed by atoms with Gasteiger partial charge in [0.15, 0.2) is 0 Å². The lowest BCUT2D eigenvalue weighted by molar-refractivity contribution is 0.0119. The van der Waals surface area contributed by atoms with E-state index < -0.39 is 5.60 Å². The molecule has 4 nitrogen and oxygen atoms in total. The summed E-state index contributed by atoms with van der Waals surface area (Å²) in [5.74, 6) is 0. The number of aliphatic hydroxyl groups is 1. The maximum absolute atomic E-state index is 11.0. The van der Waals surface area contributed by atoms with E-state index in [0.717, 1.165) is 44.6 Å².